The van der Waals surface area contributed by atoms with Gasteiger partial charge in [0.1, 0.15) is 4.88 Å². The maximum Gasteiger partial charge on any atom is 0.416 e. The second-order valence-corrected chi connectivity index (χ2v) is 8.89. The summed E-state index contributed by atoms with van der Waals surface area (Å²) in [4.78, 5) is 34.2. The summed E-state index contributed by atoms with van der Waals surface area (Å²) in [6, 6.07) is 12.7. The van der Waals surface area contributed by atoms with Crippen molar-refractivity contribution in [2.45, 2.75) is 20.0 Å². The third-order valence-electron chi connectivity index (χ3n) is 5.09. The van der Waals surface area contributed by atoms with Crippen LogP contribution >= 0.6 is 11.3 Å². The van der Waals surface area contributed by atoms with Gasteiger partial charge in [0.2, 0.25) is 0 Å². The molecular formula is C25H20F3N5O2S. The van der Waals surface area contributed by atoms with Crippen LogP contribution in [0.25, 0.3) is 0 Å². The minimum absolute atomic E-state index is 0.00875. The molecule has 0 atom stereocenters. The lowest BCUT2D eigenvalue weighted by Gasteiger charge is -2.12. The zero-order chi connectivity index (χ0) is 25.9. The third kappa shape index (κ3) is 6.05. The number of nitrogens with zero attached hydrogens (tertiary/aromatic N) is 2. The fourth-order valence-corrected chi connectivity index (χ4v) is 3.89. The molecule has 0 aliphatic carbocycles. The number of hydrogen-bond acceptors (Lipinski definition) is 6. The summed E-state index contributed by atoms with van der Waals surface area (Å²) in [6.07, 6.45) is -1.43. The normalized spacial score (nSPS) is 11.1. The molecule has 11 heteroatoms. The molecule has 0 saturated carbocycles. The Morgan fingerprint density at radius 2 is 1.67 bits per heavy atom. The molecule has 36 heavy (non-hydrogen) atoms. The van der Waals surface area contributed by atoms with Gasteiger partial charge in [0.15, 0.2) is 5.13 Å². The largest absolute Gasteiger partial charge is 0.416 e. The molecule has 2 aromatic carbocycles. The van der Waals surface area contributed by atoms with Gasteiger partial charge < -0.3 is 16.0 Å². The lowest BCUT2D eigenvalue weighted by molar-refractivity contribution is -0.137. The number of anilines is 4. The molecule has 0 bridgehead atoms. The molecule has 2 heterocycles. The summed E-state index contributed by atoms with van der Waals surface area (Å²) in [5.74, 6) is -1.03. The molecule has 0 aliphatic rings. The van der Waals surface area contributed by atoms with E-state index in [1.54, 1.807) is 19.2 Å². The van der Waals surface area contributed by atoms with E-state index in [4.69, 9.17) is 0 Å². The van der Waals surface area contributed by atoms with Crippen LogP contribution in [0.1, 0.15) is 36.9 Å². The number of nitrogens with one attached hydrogen (secondary N) is 3. The predicted octanol–water partition coefficient (Wildman–Crippen LogP) is 6.42. The molecule has 0 spiro atoms. The quantitative estimate of drug-likeness (QED) is 0.278. The number of aromatic nitrogens is 2. The molecular weight excluding hydrogens is 491 g/mol. The fourth-order valence-electron chi connectivity index (χ4n) is 3.16. The molecule has 0 fully saturated rings. The summed E-state index contributed by atoms with van der Waals surface area (Å²) >= 11 is 1.15. The van der Waals surface area contributed by atoms with Crippen molar-refractivity contribution in [1.29, 1.82) is 0 Å². The van der Waals surface area contributed by atoms with E-state index in [-0.39, 0.29) is 11.3 Å². The van der Waals surface area contributed by atoms with E-state index in [1.165, 1.54) is 30.5 Å². The summed E-state index contributed by atoms with van der Waals surface area (Å²) < 4.78 is 38.8. The lowest BCUT2D eigenvalue weighted by atomic mass is 10.1. The molecule has 7 nitrogen and oxygen atoms in total. The van der Waals surface area contributed by atoms with Crippen molar-refractivity contribution in [2.24, 2.45) is 0 Å². The molecule has 0 saturated heterocycles. The van der Waals surface area contributed by atoms with Crippen molar-refractivity contribution in [3.8, 4) is 0 Å². The molecule has 4 rings (SSSR count). The van der Waals surface area contributed by atoms with Gasteiger partial charge >= 0.3 is 6.18 Å². The van der Waals surface area contributed by atoms with Crippen LogP contribution in [0, 0.1) is 13.8 Å². The molecule has 0 unspecified atom stereocenters. The summed E-state index contributed by atoms with van der Waals surface area (Å²) in [6.45, 7) is 3.63. The van der Waals surface area contributed by atoms with Gasteiger partial charge in [-0.3, -0.25) is 14.6 Å². The molecule has 184 valence electrons. The third-order valence-corrected chi connectivity index (χ3v) is 6.00. The van der Waals surface area contributed by atoms with Gasteiger partial charge in [-0.2, -0.15) is 13.2 Å². The molecule has 2 amide bonds. The number of benzene rings is 2. The Hall–Kier alpha value is -4.25. The lowest BCUT2D eigenvalue weighted by Crippen LogP contribution is -2.15. The Kier molecular flexibility index (Phi) is 7.02. The van der Waals surface area contributed by atoms with Gasteiger partial charge in [-0.15, -0.1) is 0 Å². The average molecular weight is 512 g/mol. The van der Waals surface area contributed by atoms with E-state index in [1.807, 2.05) is 19.1 Å². The van der Waals surface area contributed by atoms with Crippen molar-refractivity contribution >= 4 is 45.3 Å². The second-order valence-electron chi connectivity index (χ2n) is 7.86. The number of pyridine rings is 1. The van der Waals surface area contributed by atoms with Crippen LogP contribution in [0.2, 0.25) is 0 Å². The van der Waals surface area contributed by atoms with E-state index in [9.17, 15) is 22.8 Å². The monoisotopic (exact) mass is 511 g/mol. The van der Waals surface area contributed by atoms with Gasteiger partial charge in [0, 0.05) is 22.6 Å². The number of halogens is 3. The fraction of sp³-hybridized carbons (Fsp3) is 0.120. The number of thiazole rings is 1. The number of amides is 2. The Balaban J connectivity index is 1.45. The topological polar surface area (TPSA) is 96.0 Å². The van der Waals surface area contributed by atoms with Crippen LogP contribution in [-0.4, -0.2) is 21.8 Å². The summed E-state index contributed by atoms with van der Waals surface area (Å²) in [5, 5.41) is 8.82. The Bertz CT molecular complexity index is 1420. The Morgan fingerprint density at radius 3 is 2.39 bits per heavy atom. The van der Waals surface area contributed by atoms with E-state index in [2.05, 4.69) is 25.9 Å². The Labute approximate surface area is 208 Å². The van der Waals surface area contributed by atoms with E-state index >= 15 is 0 Å². The summed E-state index contributed by atoms with van der Waals surface area (Å²) in [7, 11) is 0. The van der Waals surface area contributed by atoms with Crippen LogP contribution in [0.15, 0.2) is 67.0 Å². The zero-order valence-electron chi connectivity index (χ0n) is 19.1. The van der Waals surface area contributed by atoms with Gasteiger partial charge in [-0.1, -0.05) is 23.5 Å². The highest BCUT2D eigenvalue weighted by Gasteiger charge is 2.30. The Morgan fingerprint density at radius 1 is 0.861 bits per heavy atom. The molecule has 0 radical (unpaired) electrons. The molecule has 2 aromatic heterocycles. The van der Waals surface area contributed by atoms with Crippen molar-refractivity contribution in [3.05, 3.63) is 94.3 Å². The number of carbonyl (C=O) groups excluding carboxylic acids is 2. The van der Waals surface area contributed by atoms with Crippen molar-refractivity contribution < 1.29 is 22.8 Å². The van der Waals surface area contributed by atoms with Crippen LogP contribution in [0.3, 0.4) is 0 Å². The van der Waals surface area contributed by atoms with Crippen LogP contribution in [-0.2, 0) is 6.18 Å². The molecule has 3 N–H and O–H groups in total. The molecule has 4 aromatic rings. The van der Waals surface area contributed by atoms with Gasteiger partial charge in [0.05, 0.1) is 23.6 Å². The minimum atomic E-state index is -4.52. The first-order valence-electron chi connectivity index (χ1n) is 10.6. The number of aryl methyl sites for hydroxylation is 2. The summed E-state index contributed by atoms with van der Waals surface area (Å²) in [5.41, 5.74) is 2.02. The minimum Gasteiger partial charge on any atom is -0.330 e. The smallest absolute Gasteiger partial charge is 0.330 e. The van der Waals surface area contributed by atoms with Crippen LogP contribution in [0.4, 0.5) is 35.4 Å². The highest BCUT2D eigenvalue weighted by Crippen LogP contribution is 2.31. The number of alkyl halides is 3. The van der Waals surface area contributed by atoms with Crippen molar-refractivity contribution in [3.63, 3.8) is 0 Å². The zero-order valence-corrected chi connectivity index (χ0v) is 19.9. The van der Waals surface area contributed by atoms with E-state index in [0.717, 1.165) is 34.9 Å². The number of hydrogen-bond donors (Lipinski definition) is 3. The maximum absolute atomic E-state index is 12.9. The standard InChI is InChI=1S/C25H20F3N5O2S/c1-14-6-8-16(22(34)31-18-5-3-4-17(11-18)25(26,27)28)10-20(14)33-23(35)21-13-30-24(36-21)32-19-9-7-15(2)29-12-19/h3-13H,1-2H3,(H,30,32)(H,31,34)(H,33,35). The number of carbonyl (C=O) groups is 2. The predicted molar refractivity (Wildman–Crippen MR) is 133 cm³/mol. The highest BCUT2D eigenvalue weighted by molar-refractivity contribution is 7.17. The average Bonchev–Trinajstić information content (AvgIpc) is 3.30. The maximum atomic E-state index is 12.9. The first-order chi connectivity index (χ1) is 17.1. The van der Waals surface area contributed by atoms with Crippen molar-refractivity contribution in [2.75, 3.05) is 16.0 Å². The number of rotatable bonds is 6. The first kappa shape index (κ1) is 24.9. The molecule has 0 aliphatic heterocycles. The van der Waals surface area contributed by atoms with Crippen LogP contribution in [0.5, 0.6) is 0 Å². The second kappa shape index (κ2) is 10.2. The van der Waals surface area contributed by atoms with E-state index < -0.39 is 23.6 Å². The van der Waals surface area contributed by atoms with Gasteiger partial charge in [-0.25, -0.2) is 4.98 Å². The van der Waals surface area contributed by atoms with Crippen LogP contribution < -0.4 is 16.0 Å². The van der Waals surface area contributed by atoms with Gasteiger partial charge in [-0.05, 0) is 61.9 Å². The van der Waals surface area contributed by atoms with Gasteiger partial charge in [0.25, 0.3) is 11.8 Å². The van der Waals surface area contributed by atoms with E-state index in [0.29, 0.717) is 21.3 Å². The van der Waals surface area contributed by atoms with Crippen molar-refractivity contribution in [1.82, 2.24) is 9.97 Å². The SMILES string of the molecule is Cc1ccc(Nc2ncc(C(=O)Nc3cc(C(=O)Nc4cccc(C(F)(F)F)c4)ccc3C)s2)cn1. The highest BCUT2D eigenvalue weighted by atomic mass is 32.1. The first-order valence-corrected chi connectivity index (χ1v) is 11.5.